The Bertz CT molecular complexity index is 2610. The molecule has 9 rings (SSSR count). The van der Waals surface area contributed by atoms with Crippen LogP contribution in [0.3, 0.4) is 0 Å². The fourth-order valence-electron chi connectivity index (χ4n) is 7.22. The molecule has 0 unspecified atom stereocenters. The van der Waals surface area contributed by atoms with E-state index in [2.05, 4.69) is 109 Å². The molecule has 0 atom stereocenters. The Morgan fingerprint density at radius 2 is 0.705 bits per heavy atom. The highest BCUT2D eigenvalue weighted by Crippen LogP contribution is 2.44. The first kappa shape index (κ1) is 24.8. The molecular weight excluding hydrogens is 532 g/mol. The minimum atomic E-state index is 0.0373. The van der Waals surface area contributed by atoms with Crippen molar-refractivity contribution in [1.82, 2.24) is 0 Å². The second kappa shape index (κ2) is 9.62. The van der Waals surface area contributed by atoms with Gasteiger partial charge in [-0.05, 0) is 87.9 Å². The molecular formula is C43H26O. The molecule has 1 heteroatoms. The van der Waals surface area contributed by atoms with Gasteiger partial charge in [0.1, 0.15) is 0 Å². The van der Waals surface area contributed by atoms with E-state index in [0.717, 1.165) is 11.1 Å². The SMILES string of the molecule is O=C(c1ccccc1)c1cccc(-c2ccc3c(c2)c2cccc4c5ccccc5c5ccccc5c5cccc3c5c42)c1. The molecule has 0 aliphatic heterocycles. The molecule has 204 valence electrons. The van der Waals surface area contributed by atoms with Gasteiger partial charge in [0.2, 0.25) is 0 Å². The number of ketones is 1. The number of fused-ring (bicyclic) bond motifs is 8. The lowest BCUT2D eigenvalue weighted by Gasteiger charge is -2.17. The minimum absolute atomic E-state index is 0.0373. The molecule has 0 amide bonds. The van der Waals surface area contributed by atoms with E-state index in [1.165, 1.54) is 64.6 Å². The van der Waals surface area contributed by atoms with Crippen molar-refractivity contribution in [3.63, 3.8) is 0 Å². The van der Waals surface area contributed by atoms with Crippen molar-refractivity contribution < 1.29 is 4.79 Å². The van der Waals surface area contributed by atoms with E-state index in [0.29, 0.717) is 11.1 Å². The zero-order valence-corrected chi connectivity index (χ0v) is 23.9. The third kappa shape index (κ3) is 3.63. The first-order chi connectivity index (χ1) is 21.8. The van der Waals surface area contributed by atoms with Crippen molar-refractivity contribution in [2.75, 3.05) is 0 Å². The summed E-state index contributed by atoms with van der Waals surface area (Å²) in [7, 11) is 0. The van der Waals surface area contributed by atoms with Gasteiger partial charge in [0, 0.05) is 11.1 Å². The first-order valence-electron chi connectivity index (χ1n) is 15.1. The molecule has 9 aromatic carbocycles. The number of benzene rings is 8. The molecule has 0 radical (unpaired) electrons. The molecule has 0 aromatic heterocycles. The molecule has 0 aliphatic carbocycles. The number of rotatable bonds is 3. The smallest absolute Gasteiger partial charge is 0.193 e. The normalized spacial score (nSPS) is 11.7. The molecule has 0 aliphatic rings. The van der Waals surface area contributed by atoms with Gasteiger partial charge in [-0.25, -0.2) is 0 Å². The van der Waals surface area contributed by atoms with Gasteiger partial charge in [-0.1, -0.05) is 146 Å². The third-order valence-electron chi connectivity index (χ3n) is 9.20. The molecule has 0 heterocycles. The fourth-order valence-corrected chi connectivity index (χ4v) is 7.22. The van der Waals surface area contributed by atoms with Gasteiger partial charge in [0.25, 0.3) is 0 Å². The Labute approximate surface area is 254 Å². The van der Waals surface area contributed by atoms with E-state index in [-0.39, 0.29) is 5.78 Å². The molecule has 44 heavy (non-hydrogen) atoms. The monoisotopic (exact) mass is 558 g/mol. The molecule has 0 fully saturated rings. The quantitative estimate of drug-likeness (QED) is 0.156. The summed E-state index contributed by atoms with van der Waals surface area (Å²) in [6.45, 7) is 0. The van der Waals surface area contributed by atoms with E-state index in [9.17, 15) is 4.79 Å². The summed E-state index contributed by atoms with van der Waals surface area (Å²) in [5.41, 5.74) is 3.53. The molecule has 0 saturated carbocycles. The van der Waals surface area contributed by atoms with Crippen LogP contribution in [0, 0.1) is 0 Å². The maximum Gasteiger partial charge on any atom is 0.193 e. The lowest BCUT2D eigenvalue weighted by Crippen LogP contribution is -2.00. The number of hydrogen-bond acceptors (Lipinski definition) is 1. The van der Waals surface area contributed by atoms with Crippen LogP contribution in [0.25, 0.3) is 75.8 Å². The Hall–Kier alpha value is -5.79. The summed E-state index contributed by atoms with van der Waals surface area (Å²) >= 11 is 0. The molecule has 0 spiro atoms. The molecule has 1 nitrogen and oxygen atoms in total. The second-order valence-corrected chi connectivity index (χ2v) is 11.6. The molecule has 9 aromatic rings. The topological polar surface area (TPSA) is 17.1 Å². The summed E-state index contributed by atoms with van der Waals surface area (Å²) in [6, 6.07) is 55.4. The van der Waals surface area contributed by atoms with E-state index >= 15 is 0 Å². The van der Waals surface area contributed by atoms with Crippen LogP contribution >= 0.6 is 0 Å². The van der Waals surface area contributed by atoms with Crippen molar-refractivity contribution in [1.29, 1.82) is 0 Å². The van der Waals surface area contributed by atoms with Crippen LogP contribution in [0.1, 0.15) is 15.9 Å². The number of carbonyl (C=O) groups excluding carboxylic acids is 1. The average molecular weight is 559 g/mol. The molecule has 0 saturated heterocycles. The first-order valence-corrected chi connectivity index (χ1v) is 15.1. The third-order valence-corrected chi connectivity index (χ3v) is 9.20. The molecule has 0 bridgehead atoms. The van der Waals surface area contributed by atoms with Gasteiger partial charge in [-0.3, -0.25) is 4.79 Å². The largest absolute Gasteiger partial charge is 0.289 e. The maximum atomic E-state index is 13.3. The van der Waals surface area contributed by atoms with E-state index < -0.39 is 0 Å². The summed E-state index contributed by atoms with van der Waals surface area (Å²) in [4.78, 5) is 13.3. The predicted molar refractivity (Wildman–Crippen MR) is 187 cm³/mol. The summed E-state index contributed by atoms with van der Waals surface area (Å²) < 4.78 is 0. The van der Waals surface area contributed by atoms with Crippen LogP contribution in [-0.2, 0) is 0 Å². The van der Waals surface area contributed by atoms with Crippen LogP contribution in [0.5, 0.6) is 0 Å². The predicted octanol–water partition coefficient (Wildman–Crippen LogP) is 11.5. The summed E-state index contributed by atoms with van der Waals surface area (Å²) in [5.74, 6) is 0.0373. The Morgan fingerprint density at radius 1 is 0.295 bits per heavy atom. The van der Waals surface area contributed by atoms with Crippen LogP contribution in [0.15, 0.2) is 158 Å². The van der Waals surface area contributed by atoms with Crippen molar-refractivity contribution in [2.24, 2.45) is 0 Å². The molecule has 0 N–H and O–H groups in total. The van der Waals surface area contributed by atoms with Gasteiger partial charge in [0.05, 0.1) is 0 Å². The van der Waals surface area contributed by atoms with E-state index in [4.69, 9.17) is 0 Å². The van der Waals surface area contributed by atoms with Crippen molar-refractivity contribution >= 4 is 70.4 Å². The van der Waals surface area contributed by atoms with Gasteiger partial charge < -0.3 is 0 Å². The van der Waals surface area contributed by atoms with Crippen molar-refractivity contribution in [2.45, 2.75) is 0 Å². The highest BCUT2D eigenvalue weighted by atomic mass is 16.1. The Kier molecular flexibility index (Phi) is 5.42. The summed E-state index contributed by atoms with van der Waals surface area (Å²) in [6.07, 6.45) is 0. The summed E-state index contributed by atoms with van der Waals surface area (Å²) in [5, 5.41) is 15.1. The van der Waals surface area contributed by atoms with Crippen molar-refractivity contribution in [3.8, 4) is 11.1 Å². The van der Waals surface area contributed by atoms with E-state index in [1.54, 1.807) is 0 Å². The number of hydrogen-bond donors (Lipinski definition) is 0. The van der Waals surface area contributed by atoms with Crippen LogP contribution < -0.4 is 0 Å². The van der Waals surface area contributed by atoms with Gasteiger partial charge >= 0.3 is 0 Å². The zero-order valence-electron chi connectivity index (χ0n) is 23.9. The van der Waals surface area contributed by atoms with Crippen LogP contribution in [-0.4, -0.2) is 5.78 Å². The zero-order chi connectivity index (χ0) is 29.2. The van der Waals surface area contributed by atoms with E-state index in [1.807, 2.05) is 48.5 Å². The standard InChI is InChI=1S/C43H26O/c44-43(27-11-2-1-3-12-27)30-14-8-13-28(25-30)29-23-24-35-38-21-9-19-36-33-17-6-4-15-31(33)32-16-5-7-18-34(32)37-20-10-22-39(40(35)26-29)42(37)41(36)38/h1-26H. The highest BCUT2D eigenvalue weighted by Gasteiger charge is 2.17. The Morgan fingerprint density at radius 3 is 1.30 bits per heavy atom. The van der Waals surface area contributed by atoms with Gasteiger partial charge in [-0.2, -0.15) is 0 Å². The van der Waals surface area contributed by atoms with Crippen molar-refractivity contribution in [3.05, 3.63) is 169 Å². The number of carbonyl (C=O) groups is 1. The van der Waals surface area contributed by atoms with Gasteiger partial charge in [-0.15, -0.1) is 0 Å². The van der Waals surface area contributed by atoms with Crippen LogP contribution in [0.4, 0.5) is 0 Å². The minimum Gasteiger partial charge on any atom is -0.289 e. The average Bonchev–Trinajstić information content (AvgIpc) is 3.10. The van der Waals surface area contributed by atoms with Gasteiger partial charge in [0.15, 0.2) is 5.78 Å². The Balaban J connectivity index is 1.39. The lowest BCUT2D eigenvalue weighted by atomic mass is 9.86. The van der Waals surface area contributed by atoms with Crippen LogP contribution in [0.2, 0.25) is 0 Å². The lowest BCUT2D eigenvalue weighted by molar-refractivity contribution is 0.103. The maximum absolute atomic E-state index is 13.3. The second-order valence-electron chi connectivity index (χ2n) is 11.6. The fraction of sp³-hybridized carbons (Fsp3) is 0. The highest BCUT2D eigenvalue weighted by molar-refractivity contribution is 6.39.